The number of nitrogens with one attached hydrogen (secondary N) is 2. The monoisotopic (exact) mass is 462 g/mol. The number of H-pyrrole nitrogens is 2. The van der Waals surface area contributed by atoms with Crippen LogP contribution < -0.4 is 5.56 Å². The number of aromatic nitrogens is 3. The van der Waals surface area contributed by atoms with Crippen LogP contribution in [0.4, 0.5) is 0 Å². The number of esters is 1. The van der Waals surface area contributed by atoms with E-state index in [1.165, 1.54) is 17.9 Å². The Balaban J connectivity index is 1.67. The normalized spacial score (nSPS) is 12.3. The Kier molecular flexibility index (Phi) is 6.50. The fourth-order valence-corrected chi connectivity index (χ4v) is 3.85. The molecule has 8 nitrogen and oxygen atoms in total. The molecule has 4 rings (SSSR count). The van der Waals surface area contributed by atoms with Crippen LogP contribution in [-0.2, 0) is 22.5 Å². The highest BCUT2D eigenvalue weighted by Gasteiger charge is 2.21. The van der Waals surface area contributed by atoms with E-state index >= 15 is 0 Å². The zero-order valence-corrected chi connectivity index (χ0v) is 18.6. The van der Waals surface area contributed by atoms with Crippen molar-refractivity contribution in [2.45, 2.75) is 19.0 Å². The van der Waals surface area contributed by atoms with E-state index in [0.29, 0.717) is 0 Å². The second kappa shape index (κ2) is 9.66. The van der Waals surface area contributed by atoms with Gasteiger partial charge in [-0.05, 0) is 29.4 Å². The minimum atomic E-state index is -0.904. The maximum atomic E-state index is 12.5. The SMILES string of the molecule is COC(=O)[C@H](Cc1c[nH]c2ccccc12)N=Cc1c(O)n(Cc2ccccc2)c(=S)[nH]c1=O. The van der Waals surface area contributed by atoms with Crippen LogP contribution in [-0.4, -0.2) is 45.0 Å². The molecule has 33 heavy (non-hydrogen) atoms. The van der Waals surface area contributed by atoms with E-state index in [4.69, 9.17) is 17.0 Å². The van der Waals surface area contributed by atoms with Crippen LogP contribution in [0.5, 0.6) is 5.88 Å². The molecule has 168 valence electrons. The Morgan fingerprint density at radius 3 is 2.70 bits per heavy atom. The van der Waals surface area contributed by atoms with Crippen LogP contribution in [0.3, 0.4) is 0 Å². The fraction of sp³-hybridized carbons (Fsp3) is 0.167. The van der Waals surface area contributed by atoms with E-state index < -0.39 is 17.6 Å². The summed E-state index contributed by atoms with van der Waals surface area (Å²) in [7, 11) is 1.28. The van der Waals surface area contributed by atoms with Crippen molar-refractivity contribution >= 4 is 35.3 Å². The van der Waals surface area contributed by atoms with Crippen LogP contribution in [0, 0.1) is 4.77 Å². The van der Waals surface area contributed by atoms with Gasteiger partial charge < -0.3 is 14.8 Å². The summed E-state index contributed by atoms with van der Waals surface area (Å²) in [4.78, 5) is 34.9. The lowest BCUT2D eigenvalue weighted by molar-refractivity contribution is -0.142. The van der Waals surface area contributed by atoms with E-state index in [0.717, 1.165) is 22.0 Å². The Bertz CT molecular complexity index is 1440. The molecule has 0 fully saturated rings. The van der Waals surface area contributed by atoms with Crippen molar-refractivity contribution in [1.29, 1.82) is 0 Å². The lowest BCUT2D eigenvalue weighted by Crippen LogP contribution is -2.24. The van der Waals surface area contributed by atoms with Gasteiger partial charge in [-0.1, -0.05) is 48.5 Å². The molecule has 2 heterocycles. The molecular formula is C24H22N4O4S. The van der Waals surface area contributed by atoms with Crippen molar-refractivity contribution in [2.75, 3.05) is 7.11 Å². The minimum absolute atomic E-state index is 0.0850. The summed E-state index contributed by atoms with van der Waals surface area (Å²) in [6, 6.07) is 16.2. The lowest BCUT2D eigenvalue weighted by Gasteiger charge is -2.12. The molecule has 0 aliphatic rings. The molecule has 4 aromatic rings. The number of hydrogen-bond acceptors (Lipinski definition) is 6. The molecule has 0 aliphatic heterocycles. The predicted molar refractivity (Wildman–Crippen MR) is 128 cm³/mol. The zero-order valence-electron chi connectivity index (χ0n) is 17.8. The van der Waals surface area contributed by atoms with Gasteiger partial charge in [0.25, 0.3) is 5.56 Å². The van der Waals surface area contributed by atoms with Crippen LogP contribution in [0.2, 0.25) is 0 Å². The molecule has 9 heteroatoms. The second-order valence-electron chi connectivity index (χ2n) is 7.45. The van der Waals surface area contributed by atoms with E-state index in [9.17, 15) is 14.7 Å². The number of ether oxygens (including phenoxy) is 1. The second-order valence-corrected chi connectivity index (χ2v) is 7.84. The van der Waals surface area contributed by atoms with Gasteiger partial charge in [-0.15, -0.1) is 0 Å². The van der Waals surface area contributed by atoms with Gasteiger partial charge in [0.1, 0.15) is 5.56 Å². The number of carbonyl (C=O) groups excluding carboxylic acids is 1. The van der Waals surface area contributed by atoms with Gasteiger partial charge in [-0.3, -0.25) is 19.3 Å². The number of carbonyl (C=O) groups is 1. The third-order valence-corrected chi connectivity index (χ3v) is 5.66. The minimum Gasteiger partial charge on any atom is -0.494 e. The number of methoxy groups -OCH3 is 1. The van der Waals surface area contributed by atoms with Crippen LogP contribution >= 0.6 is 12.2 Å². The van der Waals surface area contributed by atoms with Gasteiger partial charge in [0.15, 0.2) is 10.8 Å². The summed E-state index contributed by atoms with van der Waals surface area (Å²) < 4.78 is 6.40. The summed E-state index contributed by atoms with van der Waals surface area (Å²) in [6.07, 6.45) is 3.27. The first-order valence-corrected chi connectivity index (χ1v) is 10.6. The molecule has 0 amide bonds. The smallest absolute Gasteiger partial charge is 0.330 e. The summed E-state index contributed by atoms with van der Waals surface area (Å²) in [6.45, 7) is 0.263. The first-order valence-electron chi connectivity index (χ1n) is 10.2. The number of aliphatic imine (C=N–C) groups is 1. The Morgan fingerprint density at radius 1 is 1.21 bits per heavy atom. The Labute approximate surface area is 194 Å². The third kappa shape index (κ3) is 4.78. The summed E-state index contributed by atoms with van der Waals surface area (Å²) in [5, 5.41) is 11.8. The maximum absolute atomic E-state index is 12.5. The molecule has 0 aliphatic carbocycles. The molecule has 2 aromatic heterocycles. The highest BCUT2D eigenvalue weighted by molar-refractivity contribution is 7.71. The average molecular weight is 463 g/mol. The van der Waals surface area contributed by atoms with Crippen molar-refractivity contribution in [3.8, 4) is 5.88 Å². The summed E-state index contributed by atoms with van der Waals surface area (Å²) in [5.41, 5.74) is 2.03. The van der Waals surface area contributed by atoms with Gasteiger partial charge >= 0.3 is 5.97 Å². The highest BCUT2D eigenvalue weighted by atomic mass is 32.1. The molecule has 0 unspecified atom stereocenters. The predicted octanol–water partition coefficient (Wildman–Crippen LogP) is 3.34. The third-order valence-electron chi connectivity index (χ3n) is 5.34. The van der Waals surface area contributed by atoms with E-state index in [1.54, 1.807) is 0 Å². The summed E-state index contributed by atoms with van der Waals surface area (Å²) in [5.74, 6) is -0.878. The van der Waals surface area contributed by atoms with Crippen molar-refractivity contribution in [3.05, 3.63) is 92.6 Å². The number of para-hydroxylation sites is 1. The van der Waals surface area contributed by atoms with Crippen molar-refractivity contribution in [3.63, 3.8) is 0 Å². The van der Waals surface area contributed by atoms with Crippen LogP contribution in [0.15, 0.2) is 70.6 Å². The molecular weight excluding hydrogens is 440 g/mol. The van der Waals surface area contributed by atoms with Crippen molar-refractivity contribution < 1.29 is 14.6 Å². The van der Waals surface area contributed by atoms with Crippen molar-refractivity contribution in [2.24, 2.45) is 4.99 Å². The zero-order chi connectivity index (χ0) is 23.4. The molecule has 0 radical (unpaired) electrons. The quantitative estimate of drug-likeness (QED) is 0.222. The van der Waals surface area contributed by atoms with Gasteiger partial charge in [-0.25, -0.2) is 4.79 Å². The first kappa shape index (κ1) is 22.2. The van der Waals surface area contributed by atoms with Gasteiger partial charge in [0.05, 0.1) is 13.7 Å². The summed E-state index contributed by atoms with van der Waals surface area (Å²) >= 11 is 5.23. The number of benzene rings is 2. The average Bonchev–Trinajstić information content (AvgIpc) is 3.23. The van der Waals surface area contributed by atoms with Gasteiger partial charge in [0.2, 0.25) is 5.88 Å². The number of fused-ring (bicyclic) bond motifs is 1. The number of nitrogens with zero attached hydrogens (tertiary/aromatic N) is 2. The standard InChI is InChI=1S/C24H22N4O4S/c1-32-23(31)20(11-16-12-25-19-10-6-5-9-17(16)19)26-13-18-21(29)27-24(33)28(22(18)30)14-15-7-3-2-4-8-15/h2-10,12-13,20,25,30H,11,14H2,1H3,(H,27,29,33)/t20-/m0/s1. The van der Waals surface area contributed by atoms with Crippen LogP contribution in [0.25, 0.3) is 10.9 Å². The lowest BCUT2D eigenvalue weighted by atomic mass is 10.1. The number of aromatic amines is 2. The molecule has 1 atom stereocenters. The number of rotatable bonds is 7. The maximum Gasteiger partial charge on any atom is 0.330 e. The Morgan fingerprint density at radius 2 is 1.94 bits per heavy atom. The molecule has 2 aromatic carbocycles. The van der Waals surface area contributed by atoms with Gasteiger partial charge in [0, 0.05) is 29.7 Å². The number of aromatic hydroxyl groups is 1. The number of hydrogen-bond donors (Lipinski definition) is 3. The van der Waals surface area contributed by atoms with Crippen LogP contribution in [0.1, 0.15) is 16.7 Å². The first-order chi connectivity index (χ1) is 16.0. The van der Waals surface area contributed by atoms with Crippen molar-refractivity contribution in [1.82, 2.24) is 14.5 Å². The molecule has 0 bridgehead atoms. The van der Waals surface area contributed by atoms with E-state index in [-0.39, 0.29) is 29.2 Å². The fourth-order valence-electron chi connectivity index (χ4n) is 3.61. The Hall–Kier alpha value is -3.98. The van der Waals surface area contributed by atoms with Gasteiger partial charge in [-0.2, -0.15) is 0 Å². The highest BCUT2D eigenvalue weighted by Crippen LogP contribution is 2.21. The molecule has 0 spiro atoms. The van der Waals surface area contributed by atoms with E-state index in [2.05, 4.69) is 15.0 Å². The molecule has 0 saturated heterocycles. The topological polar surface area (TPSA) is 112 Å². The largest absolute Gasteiger partial charge is 0.494 e. The molecule has 0 saturated carbocycles. The molecule has 3 N–H and O–H groups in total. The van der Waals surface area contributed by atoms with E-state index in [1.807, 2.05) is 60.8 Å².